The van der Waals surface area contributed by atoms with Crippen LogP contribution in [0.25, 0.3) is 0 Å². The summed E-state index contributed by atoms with van der Waals surface area (Å²) in [6.45, 7) is 5.13. The molecule has 2 heteroatoms. The van der Waals surface area contributed by atoms with E-state index >= 15 is 0 Å². The zero-order valence-corrected chi connectivity index (χ0v) is 8.80. The standard InChI is InChI=1S/C12H17NO/c1-8-7-12(14)9(2)6-10(8)11-4-3-5-13-11/h6-7,11,13-14H,3-5H2,1-2H3. The summed E-state index contributed by atoms with van der Waals surface area (Å²) in [7, 11) is 0. The van der Waals surface area contributed by atoms with Crippen molar-refractivity contribution in [3.05, 3.63) is 28.8 Å². The second-order valence-corrected chi connectivity index (χ2v) is 4.14. The van der Waals surface area contributed by atoms with Crippen molar-refractivity contribution in [3.63, 3.8) is 0 Å². The number of hydrogen-bond acceptors (Lipinski definition) is 2. The van der Waals surface area contributed by atoms with E-state index in [1.807, 2.05) is 13.0 Å². The molecular weight excluding hydrogens is 174 g/mol. The number of aromatic hydroxyl groups is 1. The first-order chi connectivity index (χ1) is 6.68. The van der Waals surface area contributed by atoms with Gasteiger partial charge in [-0.05, 0) is 56.0 Å². The summed E-state index contributed by atoms with van der Waals surface area (Å²) in [6.07, 6.45) is 2.47. The van der Waals surface area contributed by atoms with Crippen LogP contribution in [0, 0.1) is 13.8 Å². The summed E-state index contributed by atoms with van der Waals surface area (Å²) in [5, 5.41) is 13.0. The molecule has 1 atom stereocenters. The van der Waals surface area contributed by atoms with Crippen molar-refractivity contribution in [1.82, 2.24) is 5.32 Å². The van der Waals surface area contributed by atoms with Gasteiger partial charge in [-0.3, -0.25) is 0 Å². The minimum Gasteiger partial charge on any atom is -0.508 e. The van der Waals surface area contributed by atoms with Gasteiger partial charge in [-0.15, -0.1) is 0 Å². The highest BCUT2D eigenvalue weighted by molar-refractivity contribution is 5.42. The van der Waals surface area contributed by atoms with Crippen molar-refractivity contribution < 1.29 is 5.11 Å². The highest BCUT2D eigenvalue weighted by Crippen LogP contribution is 2.30. The van der Waals surface area contributed by atoms with E-state index in [1.165, 1.54) is 24.0 Å². The summed E-state index contributed by atoms with van der Waals surface area (Å²) in [6, 6.07) is 4.47. The second-order valence-electron chi connectivity index (χ2n) is 4.14. The Labute approximate surface area is 85.0 Å². The van der Waals surface area contributed by atoms with Crippen LogP contribution in [0.5, 0.6) is 5.75 Å². The molecule has 0 aromatic heterocycles. The number of aryl methyl sites for hydroxylation is 2. The third kappa shape index (κ3) is 1.62. The van der Waals surface area contributed by atoms with E-state index in [2.05, 4.69) is 18.3 Å². The lowest BCUT2D eigenvalue weighted by molar-refractivity contribution is 0.469. The second kappa shape index (κ2) is 3.62. The molecule has 0 amide bonds. The zero-order valence-electron chi connectivity index (χ0n) is 8.80. The fourth-order valence-electron chi connectivity index (χ4n) is 2.15. The third-order valence-electron chi connectivity index (χ3n) is 3.02. The molecule has 2 N–H and O–H groups in total. The van der Waals surface area contributed by atoms with Crippen LogP contribution in [0.2, 0.25) is 0 Å². The molecule has 1 saturated heterocycles. The SMILES string of the molecule is Cc1cc(C2CCCN2)c(C)cc1O. The molecule has 1 aromatic rings. The van der Waals surface area contributed by atoms with Gasteiger partial charge in [0.2, 0.25) is 0 Å². The van der Waals surface area contributed by atoms with Crippen LogP contribution >= 0.6 is 0 Å². The van der Waals surface area contributed by atoms with Crippen molar-refractivity contribution in [3.8, 4) is 5.75 Å². The summed E-state index contributed by atoms with van der Waals surface area (Å²) in [4.78, 5) is 0. The number of rotatable bonds is 1. The van der Waals surface area contributed by atoms with Gasteiger partial charge in [-0.25, -0.2) is 0 Å². The molecule has 2 nitrogen and oxygen atoms in total. The number of hydrogen-bond donors (Lipinski definition) is 2. The van der Waals surface area contributed by atoms with Crippen molar-refractivity contribution in [2.24, 2.45) is 0 Å². The van der Waals surface area contributed by atoms with E-state index in [-0.39, 0.29) is 0 Å². The molecule has 2 rings (SSSR count). The average molecular weight is 191 g/mol. The Morgan fingerprint density at radius 2 is 2.07 bits per heavy atom. The Morgan fingerprint density at radius 1 is 1.29 bits per heavy atom. The lowest BCUT2D eigenvalue weighted by Crippen LogP contribution is -2.14. The smallest absolute Gasteiger partial charge is 0.118 e. The fourth-order valence-corrected chi connectivity index (χ4v) is 2.15. The maximum Gasteiger partial charge on any atom is 0.118 e. The normalized spacial score (nSPS) is 21.4. The highest BCUT2D eigenvalue weighted by atomic mass is 16.3. The minimum atomic E-state index is 0.407. The van der Waals surface area contributed by atoms with Crippen molar-refractivity contribution >= 4 is 0 Å². The van der Waals surface area contributed by atoms with E-state index in [9.17, 15) is 5.11 Å². The zero-order chi connectivity index (χ0) is 10.1. The predicted octanol–water partition coefficient (Wildman–Crippen LogP) is 2.43. The Balaban J connectivity index is 2.37. The topological polar surface area (TPSA) is 32.3 Å². The van der Waals surface area contributed by atoms with E-state index in [4.69, 9.17) is 0 Å². The van der Waals surface area contributed by atoms with Crippen LogP contribution in [0.1, 0.15) is 35.6 Å². The van der Waals surface area contributed by atoms with Gasteiger partial charge >= 0.3 is 0 Å². The van der Waals surface area contributed by atoms with Gasteiger partial charge < -0.3 is 10.4 Å². The molecule has 1 aliphatic heterocycles. The first-order valence-corrected chi connectivity index (χ1v) is 5.22. The lowest BCUT2D eigenvalue weighted by atomic mass is 9.97. The quantitative estimate of drug-likeness (QED) is 0.714. The van der Waals surface area contributed by atoms with Gasteiger partial charge in [0.15, 0.2) is 0 Å². The molecule has 1 heterocycles. The van der Waals surface area contributed by atoms with Crippen molar-refractivity contribution in [2.75, 3.05) is 6.54 Å². The van der Waals surface area contributed by atoms with Crippen molar-refractivity contribution in [1.29, 1.82) is 0 Å². The fraction of sp³-hybridized carbons (Fsp3) is 0.500. The Kier molecular flexibility index (Phi) is 2.46. The van der Waals surface area contributed by atoms with Gasteiger partial charge in [0.05, 0.1) is 0 Å². The largest absolute Gasteiger partial charge is 0.508 e. The average Bonchev–Trinajstić information content (AvgIpc) is 2.64. The molecule has 0 spiro atoms. The molecule has 0 bridgehead atoms. The first kappa shape index (κ1) is 9.53. The van der Waals surface area contributed by atoms with Gasteiger partial charge in [-0.2, -0.15) is 0 Å². The first-order valence-electron chi connectivity index (χ1n) is 5.22. The van der Waals surface area contributed by atoms with E-state index in [0.717, 1.165) is 12.1 Å². The maximum absolute atomic E-state index is 9.55. The summed E-state index contributed by atoms with van der Waals surface area (Å²) in [5.41, 5.74) is 3.50. The number of phenolic OH excluding ortho intramolecular Hbond substituents is 1. The monoisotopic (exact) mass is 191 g/mol. The molecule has 14 heavy (non-hydrogen) atoms. The lowest BCUT2D eigenvalue weighted by Gasteiger charge is -2.15. The summed E-state index contributed by atoms with van der Waals surface area (Å²) < 4.78 is 0. The number of nitrogens with one attached hydrogen (secondary N) is 1. The van der Waals surface area contributed by atoms with Crippen LogP contribution in [-0.4, -0.2) is 11.7 Å². The molecule has 76 valence electrons. The molecule has 1 unspecified atom stereocenters. The van der Waals surface area contributed by atoms with Crippen LogP contribution in [0.4, 0.5) is 0 Å². The highest BCUT2D eigenvalue weighted by Gasteiger charge is 2.18. The minimum absolute atomic E-state index is 0.407. The Bertz CT molecular complexity index is 340. The Hall–Kier alpha value is -1.02. The molecule has 0 radical (unpaired) electrons. The van der Waals surface area contributed by atoms with Crippen LogP contribution in [0.3, 0.4) is 0 Å². The maximum atomic E-state index is 9.55. The molecule has 0 aliphatic carbocycles. The van der Waals surface area contributed by atoms with Gasteiger partial charge in [0, 0.05) is 6.04 Å². The molecular formula is C12H17NO. The molecule has 1 aliphatic rings. The summed E-state index contributed by atoms with van der Waals surface area (Å²) >= 11 is 0. The summed E-state index contributed by atoms with van der Waals surface area (Å²) in [5.74, 6) is 0.407. The van der Waals surface area contributed by atoms with Gasteiger partial charge in [0.1, 0.15) is 5.75 Å². The van der Waals surface area contributed by atoms with Crippen molar-refractivity contribution in [2.45, 2.75) is 32.7 Å². The molecule has 1 aromatic carbocycles. The molecule has 0 saturated carbocycles. The van der Waals surface area contributed by atoms with Gasteiger partial charge in [-0.1, -0.05) is 6.07 Å². The van der Waals surface area contributed by atoms with Crippen LogP contribution < -0.4 is 5.32 Å². The Morgan fingerprint density at radius 3 is 2.71 bits per heavy atom. The van der Waals surface area contributed by atoms with E-state index in [0.29, 0.717) is 11.8 Å². The van der Waals surface area contributed by atoms with E-state index < -0.39 is 0 Å². The predicted molar refractivity (Wildman–Crippen MR) is 57.6 cm³/mol. The third-order valence-corrected chi connectivity index (χ3v) is 3.02. The van der Waals surface area contributed by atoms with Crippen LogP contribution in [-0.2, 0) is 0 Å². The molecule has 1 fully saturated rings. The van der Waals surface area contributed by atoms with Gasteiger partial charge in [0.25, 0.3) is 0 Å². The van der Waals surface area contributed by atoms with E-state index in [1.54, 1.807) is 0 Å². The van der Waals surface area contributed by atoms with Crippen LogP contribution in [0.15, 0.2) is 12.1 Å². The number of phenols is 1. The number of benzene rings is 1.